The van der Waals surface area contributed by atoms with Gasteiger partial charge in [0, 0.05) is 18.1 Å². The van der Waals surface area contributed by atoms with E-state index in [1.54, 1.807) is 6.07 Å². The molecule has 3 aromatic carbocycles. The van der Waals surface area contributed by atoms with Crippen LogP contribution in [0.1, 0.15) is 46.7 Å². The van der Waals surface area contributed by atoms with Gasteiger partial charge in [0.2, 0.25) is 6.41 Å². The number of piperidine rings is 1. The van der Waals surface area contributed by atoms with Gasteiger partial charge in [-0.15, -0.1) is 0 Å². The molecule has 0 aliphatic carbocycles. The second-order valence-corrected chi connectivity index (χ2v) is 7.99. The Morgan fingerprint density at radius 3 is 2.18 bits per heavy atom. The molecule has 1 fully saturated rings. The minimum atomic E-state index is -0.572. The van der Waals surface area contributed by atoms with Crippen LogP contribution in [0.4, 0.5) is 8.78 Å². The Morgan fingerprint density at radius 2 is 1.55 bits per heavy atom. The zero-order chi connectivity index (χ0) is 23.6. The van der Waals surface area contributed by atoms with E-state index < -0.39 is 11.6 Å². The van der Waals surface area contributed by atoms with Gasteiger partial charge in [0.25, 0.3) is 0 Å². The van der Waals surface area contributed by atoms with Crippen molar-refractivity contribution in [3.05, 3.63) is 95.1 Å². The first-order valence-corrected chi connectivity index (χ1v) is 11.1. The van der Waals surface area contributed by atoms with Crippen LogP contribution in [0.3, 0.4) is 0 Å². The summed E-state index contributed by atoms with van der Waals surface area (Å²) in [5, 5.41) is 3.26. The minimum Gasteiger partial charge on any atom is -0.372 e. The van der Waals surface area contributed by atoms with Crippen molar-refractivity contribution in [3.63, 3.8) is 0 Å². The van der Waals surface area contributed by atoms with Crippen molar-refractivity contribution in [1.82, 2.24) is 5.32 Å². The maximum absolute atomic E-state index is 14.3. The molecule has 4 nitrogen and oxygen atoms in total. The topological polar surface area (TPSA) is 72.2 Å². The molecule has 1 amide bonds. The summed E-state index contributed by atoms with van der Waals surface area (Å²) >= 11 is 0. The molecule has 172 valence electrons. The highest BCUT2D eigenvalue weighted by Gasteiger charge is 2.21. The molecule has 0 spiro atoms. The van der Waals surface area contributed by atoms with Crippen LogP contribution in [0.15, 0.2) is 66.7 Å². The smallest absolute Gasteiger partial charge is 0.204 e. The van der Waals surface area contributed by atoms with Crippen LogP contribution in [0.5, 0.6) is 0 Å². The number of amides is 1. The number of carbonyl (C=O) groups excluding carboxylic acids is 2. The number of ketones is 1. The molecule has 0 unspecified atom stereocenters. The number of hydrogen-bond donors (Lipinski definition) is 2. The molecule has 1 heterocycles. The average Bonchev–Trinajstić information content (AvgIpc) is 2.85. The zero-order valence-corrected chi connectivity index (χ0v) is 18.4. The molecule has 4 rings (SSSR count). The van der Waals surface area contributed by atoms with Crippen LogP contribution < -0.4 is 11.1 Å². The van der Waals surface area contributed by atoms with Gasteiger partial charge in [0.15, 0.2) is 5.78 Å². The third-order valence-electron chi connectivity index (χ3n) is 5.88. The first kappa shape index (κ1) is 24.3. The Morgan fingerprint density at radius 1 is 0.939 bits per heavy atom. The van der Waals surface area contributed by atoms with Crippen LogP contribution in [-0.4, -0.2) is 25.3 Å². The molecule has 0 saturated carbocycles. The predicted octanol–water partition coefficient (Wildman–Crippen LogP) is 5.02. The summed E-state index contributed by atoms with van der Waals surface area (Å²) < 4.78 is 28.7. The summed E-state index contributed by atoms with van der Waals surface area (Å²) in [6, 6.07) is 20.0. The molecule has 1 aliphatic heterocycles. The second-order valence-electron chi connectivity index (χ2n) is 7.99. The molecular formula is C27H28F2N2O2. The van der Waals surface area contributed by atoms with E-state index in [1.165, 1.54) is 0 Å². The van der Waals surface area contributed by atoms with Crippen molar-refractivity contribution in [1.29, 1.82) is 0 Å². The fourth-order valence-electron chi connectivity index (χ4n) is 4.12. The molecule has 0 aromatic heterocycles. The summed E-state index contributed by atoms with van der Waals surface area (Å²) in [6.45, 7) is 1.68. The lowest BCUT2D eigenvalue weighted by Gasteiger charge is -2.24. The van der Waals surface area contributed by atoms with E-state index in [1.807, 2.05) is 54.6 Å². The molecule has 0 atom stereocenters. The molecule has 0 radical (unpaired) electrons. The largest absolute Gasteiger partial charge is 0.372 e. The Labute approximate surface area is 192 Å². The van der Waals surface area contributed by atoms with E-state index in [2.05, 4.69) is 11.1 Å². The van der Waals surface area contributed by atoms with Crippen LogP contribution >= 0.6 is 0 Å². The van der Waals surface area contributed by atoms with Gasteiger partial charge in [-0.1, -0.05) is 54.6 Å². The lowest BCUT2D eigenvalue weighted by atomic mass is 9.88. The predicted molar refractivity (Wildman–Crippen MR) is 126 cm³/mol. The molecule has 3 aromatic rings. The highest BCUT2D eigenvalue weighted by molar-refractivity contribution is 5.96. The van der Waals surface area contributed by atoms with Crippen molar-refractivity contribution in [2.75, 3.05) is 13.1 Å². The van der Waals surface area contributed by atoms with Gasteiger partial charge in [-0.25, -0.2) is 8.78 Å². The summed E-state index contributed by atoms with van der Waals surface area (Å²) in [4.78, 5) is 21.2. The summed E-state index contributed by atoms with van der Waals surface area (Å²) in [6.07, 6.45) is 2.39. The van der Waals surface area contributed by atoms with E-state index in [0.29, 0.717) is 16.7 Å². The zero-order valence-electron chi connectivity index (χ0n) is 18.4. The van der Waals surface area contributed by atoms with Gasteiger partial charge >= 0.3 is 0 Å². The van der Waals surface area contributed by atoms with E-state index >= 15 is 0 Å². The SMILES string of the molecule is NC=O.O=C(CCc1cc(C2CCNCC2)c(F)cc1F)c1ccc(-c2ccccc2)cc1. The van der Waals surface area contributed by atoms with Gasteiger partial charge in [0.05, 0.1) is 0 Å². The number of nitrogens with two attached hydrogens (primary N) is 1. The molecular weight excluding hydrogens is 422 g/mol. The number of benzene rings is 3. The van der Waals surface area contributed by atoms with Crippen LogP contribution in [0.2, 0.25) is 0 Å². The fourth-order valence-corrected chi connectivity index (χ4v) is 4.12. The number of nitrogens with one attached hydrogen (secondary N) is 1. The number of hydrogen-bond acceptors (Lipinski definition) is 3. The van der Waals surface area contributed by atoms with Crippen LogP contribution in [0, 0.1) is 11.6 Å². The third kappa shape index (κ3) is 6.56. The molecule has 6 heteroatoms. The molecule has 33 heavy (non-hydrogen) atoms. The molecule has 3 N–H and O–H groups in total. The summed E-state index contributed by atoms with van der Waals surface area (Å²) in [5.41, 5.74) is 7.90. The Kier molecular flexibility index (Phi) is 8.84. The number of halogens is 2. The molecule has 0 bridgehead atoms. The first-order valence-electron chi connectivity index (χ1n) is 11.1. The van der Waals surface area contributed by atoms with Crippen molar-refractivity contribution in [3.8, 4) is 11.1 Å². The van der Waals surface area contributed by atoms with E-state index in [9.17, 15) is 13.6 Å². The number of carbonyl (C=O) groups is 2. The van der Waals surface area contributed by atoms with Crippen LogP contribution in [-0.2, 0) is 11.2 Å². The van der Waals surface area contributed by atoms with Gasteiger partial charge in [0.1, 0.15) is 11.6 Å². The number of Topliss-reactive ketones (excluding diaryl/α,β-unsaturated/α-hetero) is 1. The van der Waals surface area contributed by atoms with Gasteiger partial charge in [-0.05, 0) is 66.6 Å². The quantitative estimate of drug-likeness (QED) is 0.409. The summed E-state index contributed by atoms with van der Waals surface area (Å²) in [7, 11) is 0. The third-order valence-corrected chi connectivity index (χ3v) is 5.88. The lowest BCUT2D eigenvalue weighted by molar-refractivity contribution is -0.106. The monoisotopic (exact) mass is 450 g/mol. The van der Waals surface area contributed by atoms with Crippen LogP contribution in [0.25, 0.3) is 11.1 Å². The molecule has 1 aliphatic rings. The Hall–Kier alpha value is -3.38. The van der Waals surface area contributed by atoms with Crippen molar-refractivity contribution >= 4 is 12.2 Å². The normalized spacial score (nSPS) is 13.6. The average molecular weight is 451 g/mol. The molecule has 1 saturated heterocycles. The Balaban J connectivity index is 0.000000968. The number of primary amides is 1. The van der Waals surface area contributed by atoms with E-state index in [-0.39, 0.29) is 31.0 Å². The standard InChI is InChI=1S/C26H25F2NO.CH3NO/c27-24-17-25(28)23(20-12-14-29-15-13-20)16-22(24)10-11-26(30)21-8-6-19(7-9-21)18-4-2-1-3-5-18;2-1-3/h1-9,16-17,20,29H,10-15H2;1H,(H2,2,3). The highest BCUT2D eigenvalue weighted by atomic mass is 19.1. The van der Waals surface area contributed by atoms with Gasteiger partial charge in [-0.2, -0.15) is 0 Å². The van der Waals surface area contributed by atoms with Crippen molar-refractivity contribution in [2.45, 2.75) is 31.6 Å². The van der Waals surface area contributed by atoms with E-state index in [4.69, 9.17) is 4.79 Å². The first-order chi connectivity index (χ1) is 16.0. The maximum Gasteiger partial charge on any atom is 0.204 e. The number of aryl methyl sites for hydroxylation is 1. The second kappa shape index (κ2) is 12.0. The van der Waals surface area contributed by atoms with Crippen molar-refractivity contribution < 1.29 is 18.4 Å². The Bertz CT molecular complexity index is 1060. The van der Waals surface area contributed by atoms with Gasteiger partial charge in [-0.3, -0.25) is 9.59 Å². The minimum absolute atomic E-state index is 0.0400. The highest BCUT2D eigenvalue weighted by Crippen LogP contribution is 2.30. The maximum atomic E-state index is 14.3. The fraction of sp³-hybridized carbons (Fsp3) is 0.259. The van der Waals surface area contributed by atoms with Crippen molar-refractivity contribution in [2.24, 2.45) is 5.73 Å². The van der Waals surface area contributed by atoms with E-state index in [0.717, 1.165) is 43.1 Å². The number of rotatable bonds is 6. The lowest BCUT2D eigenvalue weighted by Crippen LogP contribution is -2.27. The summed E-state index contributed by atoms with van der Waals surface area (Å²) in [5.74, 6) is -0.989. The van der Waals surface area contributed by atoms with Gasteiger partial charge < -0.3 is 11.1 Å².